The molecule has 39 heavy (non-hydrogen) atoms. The minimum absolute atomic E-state index is 0.0695. The molecule has 0 aliphatic carbocycles. The van der Waals surface area contributed by atoms with Gasteiger partial charge < -0.3 is 30.9 Å². The van der Waals surface area contributed by atoms with Crippen molar-refractivity contribution >= 4 is 24.1 Å². The topological polar surface area (TPSA) is 134 Å². The van der Waals surface area contributed by atoms with Crippen LogP contribution in [0, 0.1) is 5.41 Å². The van der Waals surface area contributed by atoms with Crippen molar-refractivity contribution in [2.45, 2.75) is 71.8 Å². The SMILES string of the molecule is CCCC1(CC(=O)N2CCCC2)CN(C(C)=O)C1.CNC(C)C(N)=O.CNC=O.c1ccc2c(c1)CCCO2. The predicted molar refractivity (Wildman–Crippen MR) is 153 cm³/mol. The Morgan fingerprint density at radius 2 is 1.72 bits per heavy atom. The summed E-state index contributed by atoms with van der Waals surface area (Å²) in [5, 5.41) is 4.94. The third kappa shape index (κ3) is 12.1. The summed E-state index contributed by atoms with van der Waals surface area (Å²) in [4.78, 5) is 46.5. The lowest BCUT2D eigenvalue weighted by Gasteiger charge is -2.50. The van der Waals surface area contributed by atoms with Crippen molar-refractivity contribution in [2.24, 2.45) is 11.1 Å². The van der Waals surface area contributed by atoms with Crippen LogP contribution in [0.3, 0.4) is 0 Å². The standard InChI is InChI=1S/C14H24N2O2.C9H10O.C4H10N2O.C2H5NO/c1-3-6-14(10-16(11-14)12(2)17)9-13(18)15-7-4-5-8-15;1-2-6-9-8(4-1)5-3-7-10-9;1-3(6-2)4(5)7;1-3-2-4/h3-11H2,1-2H3;1-2,4,6H,3,5,7H2;3,6H,1-2H3,(H2,5,7);2H,1H3,(H,3,4). The number of benzene rings is 1. The Morgan fingerprint density at radius 3 is 2.18 bits per heavy atom. The van der Waals surface area contributed by atoms with E-state index in [1.165, 1.54) is 12.0 Å². The summed E-state index contributed by atoms with van der Waals surface area (Å²) in [5.74, 6) is 1.19. The van der Waals surface area contributed by atoms with Gasteiger partial charge in [-0.1, -0.05) is 31.5 Å². The van der Waals surface area contributed by atoms with Crippen LogP contribution in [0.1, 0.15) is 64.9 Å². The fourth-order valence-electron chi connectivity index (χ4n) is 4.71. The quantitative estimate of drug-likeness (QED) is 0.448. The molecule has 0 bridgehead atoms. The van der Waals surface area contributed by atoms with Crippen molar-refractivity contribution in [3.8, 4) is 5.75 Å². The second-order valence-electron chi connectivity index (χ2n) is 10.3. The number of carbonyl (C=O) groups excluding carboxylic acids is 4. The molecular formula is C29H49N5O5. The zero-order valence-electron chi connectivity index (χ0n) is 24.5. The Kier molecular flexibility index (Phi) is 15.8. The second-order valence-corrected chi connectivity index (χ2v) is 10.3. The molecule has 0 radical (unpaired) electrons. The van der Waals surface area contributed by atoms with Gasteiger partial charge in [0.2, 0.25) is 24.1 Å². The highest BCUT2D eigenvalue weighted by Gasteiger charge is 2.45. The average Bonchev–Trinajstić information content (AvgIpc) is 3.47. The number of para-hydroxylation sites is 1. The summed E-state index contributed by atoms with van der Waals surface area (Å²) < 4.78 is 5.42. The summed E-state index contributed by atoms with van der Waals surface area (Å²) in [5.41, 5.74) is 6.27. The van der Waals surface area contributed by atoms with E-state index in [4.69, 9.17) is 15.3 Å². The number of amides is 4. The maximum atomic E-state index is 12.2. The first-order valence-corrected chi connectivity index (χ1v) is 13.9. The Labute approximate surface area is 234 Å². The molecule has 3 aliphatic rings. The van der Waals surface area contributed by atoms with E-state index < -0.39 is 0 Å². The van der Waals surface area contributed by atoms with Crippen molar-refractivity contribution in [1.29, 1.82) is 0 Å². The number of hydrogen-bond acceptors (Lipinski definition) is 6. The fraction of sp³-hybridized carbons (Fsp3) is 0.655. The highest BCUT2D eigenvalue weighted by molar-refractivity contribution is 5.79. The molecule has 1 atom stereocenters. The fourth-order valence-corrected chi connectivity index (χ4v) is 4.71. The first-order valence-electron chi connectivity index (χ1n) is 13.9. The van der Waals surface area contributed by atoms with E-state index in [1.54, 1.807) is 27.9 Å². The number of aryl methyl sites for hydroxylation is 1. The van der Waals surface area contributed by atoms with Crippen LogP contribution in [0.5, 0.6) is 5.75 Å². The van der Waals surface area contributed by atoms with Gasteiger partial charge in [-0.25, -0.2) is 0 Å². The minimum atomic E-state index is -0.317. The maximum absolute atomic E-state index is 12.2. The van der Waals surface area contributed by atoms with Gasteiger partial charge in [0.05, 0.1) is 12.6 Å². The Hall–Kier alpha value is -3.14. The molecule has 1 unspecified atom stereocenters. The Morgan fingerprint density at radius 1 is 1.10 bits per heavy atom. The molecule has 0 aromatic heterocycles. The summed E-state index contributed by atoms with van der Waals surface area (Å²) in [6.07, 6.45) is 8.02. The number of likely N-dealkylation sites (tertiary alicyclic amines) is 2. The number of hydrogen-bond donors (Lipinski definition) is 3. The van der Waals surface area contributed by atoms with Gasteiger partial charge >= 0.3 is 0 Å². The van der Waals surface area contributed by atoms with Gasteiger partial charge in [-0.15, -0.1) is 0 Å². The molecule has 4 amide bonds. The summed E-state index contributed by atoms with van der Waals surface area (Å²) in [6, 6.07) is 8.04. The number of nitrogens with two attached hydrogens (primary N) is 1. The molecule has 10 nitrogen and oxygen atoms in total. The van der Waals surface area contributed by atoms with Gasteiger partial charge in [-0.3, -0.25) is 19.2 Å². The van der Waals surface area contributed by atoms with E-state index in [2.05, 4.69) is 29.7 Å². The number of primary amides is 1. The number of fused-ring (bicyclic) bond motifs is 1. The third-order valence-corrected chi connectivity index (χ3v) is 7.06. The predicted octanol–water partition coefficient (Wildman–Crippen LogP) is 2.10. The van der Waals surface area contributed by atoms with Crippen molar-refractivity contribution < 1.29 is 23.9 Å². The van der Waals surface area contributed by atoms with Gasteiger partial charge in [0.25, 0.3) is 0 Å². The van der Waals surface area contributed by atoms with Crippen LogP contribution in [0.4, 0.5) is 0 Å². The summed E-state index contributed by atoms with van der Waals surface area (Å²) in [6.45, 7) is 9.76. The van der Waals surface area contributed by atoms with Crippen LogP contribution in [0.15, 0.2) is 24.3 Å². The van der Waals surface area contributed by atoms with E-state index in [0.29, 0.717) is 18.7 Å². The average molecular weight is 548 g/mol. The van der Waals surface area contributed by atoms with Crippen molar-refractivity contribution in [2.75, 3.05) is 46.9 Å². The first-order chi connectivity index (χ1) is 18.6. The molecule has 1 aromatic carbocycles. The van der Waals surface area contributed by atoms with Gasteiger partial charge in [0, 0.05) is 52.0 Å². The van der Waals surface area contributed by atoms with Crippen LogP contribution in [0.2, 0.25) is 0 Å². The normalized spacial score (nSPS) is 17.1. The lowest BCUT2D eigenvalue weighted by atomic mass is 9.73. The summed E-state index contributed by atoms with van der Waals surface area (Å²) >= 11 is 0. The molecule has 0 saturated carbocycles. The number of nitrogens with one attached hydrogen (secondary N) is 2. The summed E-state index contributed by atoms with van der Waals surface area (Å²) in [7, 11) is 3.25. The number of ether oxygens (including phenoxy) is 1. The second kappa shape index (κ2) is 18.2. The smallest absolute Gasteiger partial charge is 0.234 e. The highest BCUT2D eigenvalue weighted by Crippen LogP contribution is 2.39. The molecule has 0 spiro atoms. The zero-order valence-corrected chi connectivity index (χ0v) is 24.5. The van der Waals surface area contributed by atoms with Gasteiger partial charge in [-0.2, -0.15) is 0 Å². The van der Waals surface area contributed by atoms with Gasteiger partial charge in [0.15, 0.2) is 0 Å². The van der Waals surface area contributed by atoms with E-state index in [0.717, 1.165) is 70.6 Å². The largest absolute Gasteiger partial charge is 0.493 e. The monoisotopic (exact) mass is 547 g/mol. The molecule has 2 fully saturated rings. The van der Waals surface area contributed by atoms with E-state index >= 15 is 0 Å². The van der Waals surface area contributed by atoms with Crippen LogP contribution >= 0.6 is 0 Å². The van der Waals surface area contributed by atoms with Gasteiger partial charge in [-0.05, 0) is 57.7 Å². The van der Waals surface area contributed by atoms with E-state index in [-0.39, 0.29) is 23.3 Å². The van der Waals surface area contributed by atoms with Crippen LogP contribution in [0.25, 0.3) is 0 Å². The van der Waals surface area contributed by atoms with Gasteiger partial charge in [0.1, 0.15) is 5.75 Å². The molecule has 1 aromatic rings. The number of nitrogens with zero attached hydrogens (tertiary/aromatic N) is 2. The van der Waals surface area contributed by atoms with Crippen LogP contribution in [-0.2, 0) is 25.6 Å². The lowest BCUT2D eigenvalue weighted by Crippen LogP contribution is -2.59. The molecular weight excluding hydrogens is 498 g/mol. The Bertz CT molecular complexity index is 873. The lowest BCUT2D eigenvalue weighted by molar-refractivity contribution is -0.148. The molecule has 3 heterocycles. The van der Waals surface area contributed by atoms with Crippen molar-refractivity contribution in [3.63, 3.8) is 0 Å². The molecule has 4 N–H and O–H groups in total. The molecule has 2 saturated heterocycles. The van der Waals surface area contributed by atoms with Crippen LogP contribution in [-0.4, -0.2) is 86.9 Å². The number of carbonyl (C=O) groups is 4. The Balaban J connectivity index is 0.000000304. The van der Waals surface area contributed by atoms with E-state index in [1.807, 2.05) is 21.9 Å². The van der Waals surface area contributed by atoms with Crippen molar-refractivity contribution in [3.05, 3.63) is 29.8 Å². The number of likely N-dealkylation sites (N-methyl/N-ethyl adjacent to an activating group) is 1. The van der Waals surface area contributed by atoms with E-state index in [9.17, 15) is 14.4 Å². The molecule has 10 heteroatoms. The number of rotatable bonds is 7. The highest BCUT2D eigenvalue weighted by atomic mass is 16.5. The molecule has 4 rings (SSSR count). The van der Waals surface area contributed by atoms with Crippen molar-refractivity contribution in [1.82, 2.24) is 20.4 Å². The first kappa shape index (κ1) is 33.9. The van der Waals surface area contributed by atoms with Crippen LogP contribution < -0.4 is 21.1 Å². The molecule has 3 aliphatic heterocycles. The third-order valence-electron chi connectivity index (χ3n) is 7.06. The molecule has 220 valence electrons. The maximum Gasteiger partial charge on any atom is 0.234 e. The minimum Gasteiger partial charge on any atom is -0.493 e. The zero-order chi connectivity index (χ0) is 29.3.